The molecule has 32 heavy (non-hydrogen) atoms. The Labute approximate surface area is 194 Å². The number of carbonyl (C=O) groups is 1. The van der Waals surface area contributed by atoms with Crippen LogP contribution in [0, 0.1) is 17.7 Å². The van der Waals surface area contributed by atoms with Crippen LogP contribution in [0.25, 0.3) is 0 Å². The van der Waals surface area contributed by atoms with Gasteiger partial charge in [0.1, 0.15) is 5.82 Å². The summed E-state index contributed by atoms with van der Waals surface area (Å²) in [5.41, 5.74) is 1.56. The highest BCUT2D eigenvalue weighted by Gasteiger charge is 2.31. The van der Waals surface area contributed by atoms with E-state index in [4.69, 9.17) is 11.6 Å². The zero-order valence-corrected chi connectivity index (χ0v) is 19.5. The molecule has 0 amide bonds. The summed E-state index contributed by atoms with van der Waals surface area (Å²) < 4.78 is 40.6. The van der Waals surface area contributed by atoms with Gasteiger partial charge in [0, 0.05) is 37.4 Å². The van der Waals surface area contributed by atoms with Crippen molar-refractivity contribution in [1.82, 2.24) is 4.31 Å². The number of piperidine rings is 2. The van der Waals surface area contributed by atoms with Crippen LogP contribution in [0.15, 0.2) is 47.4 Å². The highest BCUT2D eigenvalue weighted by Crippen LogP contribution is 2.33. The van der Waals surface area contributed by atoms with Gasteiger partial charge >= 0.3 is 0 Å². The van der Waals surface area contributed by atoms with Gasteiger partial charge in [0.05, 0.1) is 9.92 Å². The van der Waals surface area contributed by atoms with Crippen LogP contribution >= 0.6 is 11.6 Å². The van der Waals surface area contributed by atoms with Crippen molar-refractivity contribution in [2.75, 3.05) is 31.1 Å². The number of carbonyl (C=O) groups excluding carboxylic acids is 1. The van der Waals surface area contributed by atoms with Gasteiger partial charge in [-0.1, -0.05) is 17.7 Å². The second-order valence-corrected chi connectivity index (χ2v) is 11.1. The van der Waals surface area contributed by atoms with E-state index >= 15 is 0 Å². The Morgan fingerprint density at radius 2 is 1.62 bits per heavy atom. The molecule has 0 aromatic heterocycles. The molecule has 172 valence electrons. The fourth-order valence-corrected chi connectivity index (χ4v) is 6.59. The standard InChI is InChI=1S/C24H28ClFN2O3S/c25-24-16-22(5-4-20(24)17-29)27-10-6-18(7-11-27)14-19-8-12-28(13-9-19)32(30,31)23-3-1-2-21(26)15-23/h1-5,15-19H,6-14H2. The normalized spacial score (nSPS) is 19.2. The van der Waals surface area contributed by atoms with Gasteiger partial charge in [-0.2, -0.15) is 4.31 Å². The van der Waals surface area contributed by atoms with Crippen LogP contribution in [-0.4, -0.2) is 45.2 Å². The molecule has 0 bridgehead atoms. The topological polar surface area (TPSA) is 57.7 Å². The molecule has 5 nitrogen and oxygen atoms in total. The van der Waals surface area contributed by atoms with Gasteiger partial charge < -0.3 is 4.90 Å². The average molecular weight is 479 g/mol. The van der Waals surface area contributed by atoms with Crippen LogP contribution in [0.3, 0.4) is 0 Å². The third kappa shape index (κ3) is 5.16. The molecule has 2 heterocycles. The monoisotopic (exact) mass is 478 g/mol. The summed E-state index contributed by atoms with van der Waals surface area (Å²) in [5, 5.41) is 0.486. The van der Waals surface area contributed by atoms with Crippen LogP contribution in [0.5, 0.6) is 0 Å². The number of rotatable bonds is 6. The Kier molecular flexibility index (Phi) is 7.17. The first-order valence-corrected chi connectivity index (χ1v) is 12.9. The first-order chi connectivity index (χ1) is 15.4. The highest BCUT2D eigenvalue weighted by molar-refractivity contribution is 7.89. The molecule has 2 saturated heterocycles. The number of sulfonamides is 1. The maximum Gasteiger partial charge on any atom is 0.243 e. The molecule has 0 atom stereocenters. The molecule has 8 heteroatoms. The number of benzene rings is 2. The molecular weight excluding hydrogens is 451 g/mol. The van der Waals surface area contributed by atoms with Crippen molar-refractivity contribution in [2.45, 2.75) is 37.0 Å². The number of nitrogens with zero attached hydrogens (tertiary/aromatic N) is 2. The Hall–Kier alpha value is -1.96. The number of aldehydes is 1. The van der Waals surface area contributed by atoms with E-state index in [1.807, 2.05) is 12.1 Å². The van der Waals surface area contributed by atoms with Crippen molar-refractivity contribution in [2.24, 2.45) is 11.8 Å². The summed E-state index contributed by atoms with van der Waals surface area (Å²) in [6.07, 6.45) is 5.76. The molecule has 2 aromatic carbocycles. The van der Waals surface area contributed by atoms with Crippen LogP contribution < -0.4 is 4.90 Å². The molecule has 0 N–H and O–H groups in total. The zero-order chi connectivity index (χ0) is 22.7. The summed E-state index contributed by atoms with van der Waals surface area (Å²) in [6.45, 7) is 2.89. The summed E-state index contributed by atoms with van der Waals surface area (Å²) in [6, 6.07) is 10.8. The minimum atomic E-state index is -3.63. The van der Waals surface area contributed by atoms with Crippen molar-refractivity contribution >= 4 is 33.6 Å². The molecule has 2 aromatic rings. The van der Waals surface area contributed by atoms with Crippen LogP contribution in [0.4, 0.5) is 10.1 Å². The molecule has 2 aliphatic heterocycles. The van der Waals surface area contributed by atoms with E-state index < -0.39 is 15.8 Å². The first kappa shape index (κ1) is 23.2. The smallest absolute Gasteiger partial charge is 0.243 e. The van der Waals surface area contributed by atoms with Gasteiger partial charge in [-0.15, -0.1) is 0 Å². The van der Waals surface area contributed by atoms with Crippen molar-refractivity contribution in [3.05, 3.63) is 58.9 Å². The number of anilines is 1. The summed E-state index contributed by atoms with van der Waals surface area (Å²) in [4.78, 5) is 13.3. The average Bonchev–Trinajstić information content (AvgIpc) is 2.80. The fourth-order valence-electron chi connectivity index (χ4n) is 4.87. The molecule has 0 unspecified atom stereocenters. The van der Waals surface area contributed by atoms with E-state index in [0.29, 0.717) is 35.5 Å². The Balaban J connectivity index is 1.26. The van der Waals surface area contributed by atoms with Gasteiger partial charge in [-0.3, -0.25) is 4.79 Å². The van der Waals surface area contributed by atoms with Crippen molar-refractivity contribution in [1.29, 1.82) is 0 Å². The maximum atomic E-state index is 13.5. The quantitative estimate of drug-likeness (QED) is 0.548. The molecule has 0 spiro atoms. The summed E-state index contributed by atoms with van der Waals surface area (Å²) >= 11 is 6.17. The Bertz CT molecular complexity index is 1060. The third-order valence-electron chi connectivity index (χ3n) is 6.76. The molecule has 2 fully saturated rings. The molecular formula is C24H28ClFN2O3S. The number of hydrogen-bond acceptors (Lipinski definition) is 4. The minimum absolute atomic E-state index is 0.0320. The second-order valence-electron chi connectivity index (χ2n) is 8.79. The van der Waals surface area contributed by atoms with E-state index in [1.165, 1.54) is 22.5 Å². The fraction of sp³-hybridized carbons (Fsp3) is 0.458. The second kappa shape index (κ2) is 9.89. The predicted molar refractivity (Wildman–Crippen MR) is 124 cm³/mol. The van der Waals surface area contributed by atoms with Crippen LogP contribution in [0.1, 0.15) is 42.5 Å². The number of halogens is 2. The minimum Gasteiger partial charge on any atom is -0.371 e. The van der Waals surface area contributed by atoms with E-state index in [1.54, 1.807) is 6.07 Å². The Morgan fingerprint density at radius 1 is 0.969 bits per heavy atom. The van der Waals surface area contributed by atoms with E-state index in [0.717, 1.165) is 63.2 Å². The lowest BCUT2D eigenvalue weighted by Crippen LogP contribution is -2.39. The highest BCUT2D eigenvalue weighted by atomic mass is 35.5. The van der Waals surface area contributed by atoms with Crippen molar-refractivity contribution < 1.29 is 17.6 Å². The lowest BCUT2D eigenvalue weighted by atomic mass is 9.83. The van der Waals surface area contributed by atoms with Gasteiger partial charge in [0.2, 0.25) is 10.0 Å². The van der Waals surface area contributed by atoms with Crippen LogP contribution in [0.2, 0.25) is 5.02 Å². The van der Waals surface area contributed by atoms with Crippen molar-refractivity contribution in [3.8, 4) is 0 Å². The van der Waals surface area contributed by atoms with E-state index in [2.05, 4.69) is 4.90 Å². The third-order valence-corrected chi connectivity index (χ3v) is 8.99. The lowest BCUT2D eigenvalue weighted by Gasteiger charge is -2.37. The SMILES string of the molecule is O=Cc1ccc(N2CCC(CC3CCN(S(=O)(=O)c4cccc(F)c4)CC3)CC2)cc1Cl. The maximum absolute atomic E-state index is 13.5. The van der Waals surface area contributed by atoms with E-state index in [9.17, 15) is 17.6 Å². The Morgan fingerprint density at radius 3 is 2.22 bits per heavy atom. The number of hydrogen-bond donors (Lipinski definition) is 0. The van der Waals surface area contributed by atoms with Gasteiger partial charge in [-0.05, 0) is 80.3 Å². The zero-order valence-electron chi connectivity index (χ0n) is 17.9. The molecule has 0 aliphatic carbocycles. The van der Waals surface area contributed by atoms with E-state index in [-0.39, 0.29) is 4.90 Å². The van der Waals surface area contributed by atoms with Gasteiger partial charge in [0.25, 0.3) is 0 Å². The van der Waals surface area contributed by atoms with Crippen LogP contribution in [-0.2, 0) is 10.0 Å². The van der Waals surface area contributed by atoms with Gasteiger partial charge in [-0.25, -0.2) is 12.8 Å². The predicted octanol–water partition coefficient (Wildman–Crippen LogP) is 5.00. The molecule has 2 aliphatic rings. The largest absolute Gasteiger partial charge is 0.371 e. The molecule has 0 radical (unpaired) electrons. The first-order valence-electron chi connectivity index (χ1n) is 11.1. The summed E-state index contributed by atoms with van der Waals surface area (Å²) in [7, 11) is -3.63. The van der Waals surface area contributed by atoms with Gasteiger partial charge in [0.15, 0.2) is 6.29 Å². The molecule has 0 saturated carbocycles. The summed E-state index contributed by atoms with van der Waals surface area (Å²) in [5.74, 6) is 0.619. The lowest BCUT2D eigenvalue weighted by molar-refractivity contribution is 0.112. The van der Waals surface area contributed by atoms with Crippen molar-refractivity contribution in [3.63, 3.8) is 0 Å². The molecule has 4 rings (SSSR count).